The SMILES string of the molecule is Cc1nc2ccc(NC(=O)CCCOc3ccccc3)cc2[nH]1. The van der Waals surface area contributed by atoms with Crippen molar-refractivity contribution in [3.05, 3.63) is 54.4 Å². The topological polar surface area (TPSA) is 67.0 Å². The molecule has 0 aliphatic heterocycles. The molecule has 1 heterocycles. The van der Waals surface area contributed by atoms with Gasteiger partial charge in [-0.15, -0.1) is 0 Å². The van der Waals surface area contributed by atoms with Gasteiger partial charge in [0.15, 0.2) is 0 Å². The van der Waals surface area contributed by atoms with Gasteiger partial charge < -0.3 is 15.0 Å². The number of anilines is 1. The number of carbonyl (C=O) groups is 1. The lowest BCUT2D eigenvalue weighted by molar-refractivity contribution is -0.116. The molecule has 0 saturated carbocycles. The van der Waals surface area contributed by atoms with Gasteiger partial charge in [0.25, 0.3) is 0 Å². The predicted octanol–water partition coefficient (Wildman–Crippen LogP) is 3.67. The minimum absolute atomic E-state index is 0.0164. The van der Waals surface area contributed by atoms with Gasteiger partial charge in [0.1, 0.15) is 11.6 Å². The van der Waals surface area contributed by atoms with E-state index in [9.17, 15) is 4.79 Å². The zero-order valence-corrected chi connectivity index (χ0v) is 13.0. The van der Waals surface area contributed by atoms with Gasteiger partial charge in [-0.1, -0.05) is 18.2 Å². The zero-order chi connectivity index (χ0) is 16.1. The van der Waals surface area contributed by atoms with Crippen molar-refractivity contribution in [1.82, 2.24) is 9.97 Å². The quantitative estimate of drug-likeness (QED) is 0.683. The third-order valence-corrected chi connectivity index (χ3v) is 3.44. The first-order valence-corrected chi connectivity index (χ1v) is 7.65. The van der Waals surface area contributed by atoms with Crippen molar-refractivity contribution in [3.8, 4) is 5.75 Å². The van der Waals surface area contributed by atoms with Gasteiger partial charge in [0.05, 0.1) is 17.6 Å². The van der Waals surface area contributed by atoms with Crippen molar-refractivity contribution in [2.45, 2.75) is 19.8 Å². The average Bonchev–Trinajstić information content (AvgIpc) is 2.92. The number of amides is 1. The molecule has 0 radical (unpaired) electrons. The van der Waals surface area contributed by atoms with Crippen molar-refractivity contribution in [1.29, 1.82) is 0 Å². The molecular weight excluding hydrogens is 290 g/mol. The minimum Gasteiger partial charge on any atom is -0.494 e. The molecule has 118 valence electrons. The number of hydrogen-bond donors (Lipinski definition) is 2. The normalized spacial score (nSPS) is 10.7. The monoisotopic (exact) mass is 309 g/mol. The van der Waals surface area contributed by atoms with E-state index < -0.39 is 0 Å². The van der Waals surface area contributed by atoms with E-state index in [1.54, 1.807) is 0 Å². The highest BCUT2D eigenvalue weighted by Crippen LogP contribution is 2.17. The summed E-state index contributed by atoms with van der Waals surface area (Å²) in [5, 5.41) is 2.90. The lowest BCUT2D eigenvalue weighted by Crippen LogP contribution is -2.12. The number of nitrogens with zero attached hydrogens (tertiary/aromatic N) is 1. The maximum atomic E-state index is 12.0. The fraction of sp³-hybridized carbons (Fsp3) is 0.222. The van der Waals surface area contributed by atoms with Crippen LogP contribution in [0.4, 0.5) is 5.69 Å². The number of aromatic amines is 1. The highest BCUT2D eigenvalue weighted by molar-refractivity contribution is 5.93. The maximum absolute atomic E-state index is 12.0. The lowest BCUT2D eigenvalue weighted by atomic mass is 10.2. The molecule has 3 aromatic rings. The molecule has 0 bridgehead atoms. The van der Waals surface area contributed by atoms with Gasteiger partial charge in [-0.2, -0.15) is 0 Å². The smallest absolute Gasteiger partial charge is 0.224 e. The zero-order valence-electron chi connectivity index (χ0n) is 13.0. The molecule has 3 rings (SSSR count). The van der Waals surface area contributed by atoms with Crippen LogP contribution in [0.1, 0.15) is 18.7 Å². The number of hydrogen-bond acceptors (Lipinski definition) is 3. The second kappa shape index (κ2) is 6.96. The molecule has 0 spiro atoms. The van der Waals surface area contributed by atoms with Gasteiger partial charge in [-0.25, -0.2) is 4.98 Å². The summed E-state index contributed by atoms with van der Waals surface area (Å²) in [7, 11) is 0. The lowest BCUT2D eigenvalue weighted by Gasteiger charge is -2.07. The van der Waals surface area contributed by atoms with Gasteiger partial charge in [-0.3, -0.25) is 4.79 Å². The van der Waals surface area contributed by atoms with E-state index in [1.165, 1.54) is 0 Å². The highest BCUT2D eigenvalue weighted by atomic mass is 16.5. The van der Waals surface area contributed by atoms with Crippen molar-refractivity contribution in [2.75, 3.05) is 11.9 Å². The maximum Gasteiger partial charge on any atom is 0.224 e. The predicted molar refractivity (Wildman–Crippen MR) is 90.6 cm³/mol. The van der Waals surface area contributed by atoms with Crippen molar-refractivity contribution in [3.63, 3.8) is 0 Å². The number of H-pyrrole nitrogens is 1. The summed E-state index contributed by atoms with van der Waals surface area (Å²) >= 11 is 0. The van der Waals surface area contributed by atoms with Gasteiger partial charge in [0, 0.05) is 12.1 Å². The fourth-order valence-electron chi connectivity index (χ4n) is 2.38. The van der Waals surface area contributed by atoms with Crippen LogP contribution >= 0.6 is 0 Å². The van der Waals surface area contributed by atoms with Gasteiger partial charge in [0.2, 0.25) is 5.91 Å². The Kier molecular flexibility index (Phi) is 4.57. The first-order valence-electron chi connectivity index (χ1n) is 7.65. The summed E-state index contributed by atoms with van der Waals surface area (Å²) in [5.74, 6) is 1.67. The van der Waals surface area contributed by atoms with Crippen LogP contribution in [0.2, 0.25) is 0 Å². The number of rotatable bonds is 6. The minimum atomic E-state index is -0.0164. The Balaban J connectivity index is 1.46. The van der Waals surface area contributed by atoms with E-state index in [-0.39, 0.29) is 5.91 Å². The van der Waals surface area contributed by atoms with Gasteiger partial charge in [-0.05, 0) is 43.7 Å². The van der Waals surface area contributed by atoms with Crippen LogP contribution in [-0.4, -0.2) is 22.5 Å². The van der Waals surface area contributed by atoms with E-state index in [0.29, 0.717) is 19.4 Å². The number of nitrogens with one attached hydrogen (secondary N) is 2. The number of benzene rings is 2. The number of fused-ring (bicyclic) bond motifs is 1. The third-order valence-electron chi connectivity index (χ3n) is 3.44. The Morgan fingerprint density at radius 2 is 2.04 bits per heavy atom. The van der Waals surface area contributed by atoms with Crippen LogP contribution in [-0.2, 0) is 4.79 Å². The number of aromatic nitrogens is 2. The molecule has 0 saturated heterocycles. The molecule has 23 heavy (non-hydrogen) atoms. The molecule has 5 nitrogen and oxygen atoms in total. The molecule has 0 aliphatic carbocycles. The Hall–Kier alpha value is -2.82. The Morgan fingerprint density at radius 3 is 2.87 bits per heavy atom. The second-order valence-electron chi connectivity index (χ2n) is 5.37. The Morgan fingerprint density at radius 1 is 1.22 bits per heavy atom. The van der Waals surface area contributed by atoms with Crippen LogP contribution < -0.4 is 10.1 Å². The summed E-state index contributed by atoms with van der Waals surface area (Å²) in [6.07, 6.45) is 1.10. The molecule has 5 heteroatoms. The van der Waals surface area contributed by atoms with Crippen molar-refractivity contribution < 1.29 is 9.53 Å². The Labute approximate surface area is 134 Å². The molecule has 2 aromatic carbocycles. The van der Waals surface area contributed by atoms with Crippen LogP contribution in [0.25, 0.3) is 11.0 Å². The van der Waals surface area contributed by atoms with E-state index in [1.807, 2.05) is 55.5 Å². The van der Waals surface area contributed by atoms with E-state index in [0.717, 1.165) is 28.3 Å². The third kappa shape index (κ3) is 4.10. The fourth-order valence-corrected chi connectivity index (χ4v) is 2.38. The standard InChI is InChI=1S/C18H19N3O2/c1-13-19-16-10-9-14(12-17(16)20-13)21-18(22)8-5-11-23-15-6-3-2-4-7-15/h2-4,6-7,9-10,12H,5,8,11H2,1H3,(H,19,20)(H,21,22). The van der Waals surface area contributed by atoms with Gasteiger partial charge >= 0.3 is 0 Å². The van der Waals surface area contributed by atoms with Crippen LogP contribution in [0.3, 0.4) is 0 Å². The first kappa shape index (κ1) is 15.1. The van der Waals surface area contributed by atoms with Crippen molar-refractivity contribution >= 4 is 22.6 Å². The first-order chi connectivity index (χ1) is 11.2. The molecule has 0 unspecified atom stereocenters. The van der Waals surface area contributed by atoms with Crippen LogP contribution in [0.5, 0.6) is 5.75 Å². The molecule has 0 fully saturated rings. The average molecular weight is 309 g/mol. The van der Waals surface area contributed by atoms with E-state index >= 15 is 0 Å². The second-order valence-corrected chi connectivity index (χ2v) is 5.37. The number of para-hydroxylation sites is 1. The molecule has 0 aliphatic rings. The summed E-state index contributed by atoms with van der Waals surface area (Å²) in [4.78, 5) is 19.5. The summed E-state index contributed by atoms with van der Waals surface area (Å²) in [5.41, 5.74) is 2.60. The highest BCUT2D eigenvalue weighted by Gasteiger charge is 2.05. The van der Waals surface area contributed by atoms with E-state index in [4.69, 9.17) is 4.74 Å². The molecular formula is C18H19N3O2. The van der Waals surface area contributed by atoms with Crippen LogP contribution in [0, 0.1) is 6.92 Å². The largest absolute Gasteiger partial charge is 0.494 e. The van der Waals surface area contributed by atoms with E-state index in [2.05, 4.69) is 15.3 Å². The van der Waals surface area contributed by atoms with Crippen LogP contribution in [0.15, 0.2) is 48.5 Å². The molecule has 2 N–H and O–H groups in total. The number of ether oxygens (including phenoxy) is 1. The molecule has 0 atom stereocenters. The summed E-state index contributed by atoms with van der Waals surface area (Å²) in [6.45, 7) is 2.43. The number of aryl methyl sites for hydroxylation is 1. The van der Waals surface area contributed by atoms with Crippen molar-refractivity contribution in [2.24, 2.45) is 0 Å². The summed E-state index contributed by atoms with van der Waals surface area (Å²) in [6, 6.07) is 15.3. The Bertz CT molecular complexity index is 796. The molecule has 1 aromatic heterocycles. The summed E-state index contributed by atoms with van der Waals surface area (Å²) < 4.78 is 5.57. The molecule has 1 amide bonds. The number of imidazole rings is 1. The number of carbonyl (C=O) groups excluding carboxylic acids is 1.